The summed E-state index contributed by atoms with van der Waals surface area (Å²) in [5.41, 5.74) is 5.68. The molecule has 0 fully saturated rings. The second-order valence-electron chi connectivity index (χ2n) is 2.71. The van der Waals surface area contributed by atoms with Gasteiger partial charge in [0.05, 0.1) is 12.1 Å². The molecule has 2 nitrogen and oxygen atoms in total. The van der Waals surface area contributed by atoms with Crippen molar-refractivity contribution in [1.29, 1.82) is 0 Å². The van der Waals surface area contributed by atoms with Crippen LogP contribution in [0.3, 0.4) is 0 Å². The van der Waals surface area contributed by atoms with Crippen LogP contribution in [0.4, 0.5) is 5.00 Å². The molecule has 4 heteroatoms. The van der Waals surface area contributed by atoms with Crippen molar-refractivity contribution in [3.05, 3.63) is 18.2 Å². The van der Waals surface area contributed by atoms with Crippen molar-refractivity contribution in [2.75, 3.05) is 12.8 Å². The van der Waals surface area contributed by atoms with Gasteiger partial charge >= 0.3 is 0 Å². The van der Waals surface area contributed by atoms with E-state index in [2.05, 4.69) is 12.6 Å². The van der Waals surface area contributed by atoms with Crippen molar-refractivity contribution < 1.29 is 4.74 Å². The number of anilines is 1. The summed E-state index contributed by atoms with van der Waals surface area (Å²) in [5.74, 6) is 0.790. The summed E-state index contributed by atoms with van der Waals surface area (Å²) >= 11 is 5.86. The van der Waals surface area contributed by atoms with Gasteiger partial charge in [0.1, 0.15) is 5.75 Å². The van der Waals surface area contributed by atoms with Gasteiger partial charge in [0, 0.05) is 9.60 Å². The van der Waals surface area contributed by atoms with E-state index in [9.17, 15) is 0 Å². The number of ether oxygens (including phenoxy) is 1. The molecule has 2 rings (SSSR count). The van der Waals surface area contributed by atoms with Crippen LogP contribution in [0.5, 0.6) is 5.75 Å². The van der Waals surface area contributed by atoms with Crippen molar-refractivity contribution in [2.45, 2.75) is 4.90 Å². The molecule has 2 aromatic rings. The molecular formula is C9H9NOS2. The van der Waals surface area contributed by atoms with E-state index in [1.54, 1.807) is 18.4 Å². The lowest BCUT2D eigenvalue weighted by Crippen LogP contribution is -1.83. The smallest absolute Gasteiger partial charge is 0.133 e. The maximum Gasteiger partial charge on any atom is 0.133 e. The highest BCUT2D eigenvalue weighted by atomic mass is 32.1. The average Bonchev–Trinajstić information content (AvgIpc) is 2.42. The molecule has 0 saturated carbocycles. The van der Waals surface area contributed by atoms with Crippen molar-refractivity contribution >= 4 is 39.1 Å². The number of thiophene rings is 1. The molecule has 0 amide bonds. The zero-order valence-electron chi connectivity index (χ0n) is 7.07. The monoisotopic (exact) mass is 211 g/mol. The number of nitrogen functional groups attached to an aromatic ring is 1. The quantitative estimate of drug-likeness (QED) is 0.711. The number of methoxy groups -OCH3 is 1. The van der Waals surface area contributed by atoms with Crippen LogP contribution in [-0.4, -0.2) is 7.11 Å². The van der Waals surface area contributed by atoms with Gasteiger partial charge in [-0.3, -0.25) is 0 Å². The normalized spacial score (nSPS) is 10.6. The van der Waals surface area contributed by atoms with Gasteiger partial charge in [-0.1, -0.05) is 0 Å². The molecule has 0 bridgehead atoms. The van der Waals surface area contributed by atoms with Crippen LogP contribution in [0.1, 0.15) is 0 Å². The van der Waals surface area contributed by atoms with Gasteiger partial charge in [0.2, 0.25) is 0 Å². The van der Waals surface area contributed by atoms with E-state index < -0.39 is 0 Å². The second kappa shape index (κ2) is 3.12. The van der Waals surface area contributed by atoms with Gasteiger partial charge in [0.25, 0.3) is 0 Å². The molecule has 0 atom stereocenters. The number of hydrogen-bond acceptors (Lipinski definition) is 4. The molecule has 1 heterocycles. The first-order valence-electron chi connectivity index (χ1n) is 3.76. The lowest BCUT2D eigenvalue weighted by molar-refractivity contribution is 0.406. The number of hydrogen-bond donors (Lipinski definition) is 2. The first kappa shape index (κ1) is 8.72. The fraction of sp³-hybridized carbons (Fsp3) is 0.111. The average molecular weight is 211 g/mol. The summed E-state index contributed by atoms with van der Waals surface area (Å²) in [6.45, 7) is 0. The van der Waals surface area contributed by atoms with Gasteiger partial charge in [-0.05, 0) is 23.6 Å². The topological polar surface area (TPSA) is 35.2 Å². The first-order chi connectivity index (χ1) is 6.20. The summed E-state index contributed by atoms with van der Waals surface area (Å²) in [4.78, 5) is 0.841. The first-order valence-corrected chi connectivity index (χ1v) is 5.03. The van der Waals surface area contributed by atoms with Crippen LogP contribution in [0.15, 0.2) is 23.1 Å². The zero-order valence-corrected chi connectivity index (χ0v) is 8.78. The summed E-state index contributed by atoms with van der Waals surface area (Å²) in [7, 11) is 1.64. The molecule has 0 aliphatic heterocycles. The Bertz CT molecular complexity index is 450. The fourth-order valence-corrected chi connectivity index (χ4v) is 2.38. The number of fused-ring (bicyclic) bond motifs is 1. The molecule has 0 aliphatic carbocycles. The van der Waals surface area contributed by atoms with Crippen LogP contribution in [0.2, 0.25) is 0 Å². The number of rotatable bonds is 1. The largest absolute Gasteiger partial charge is 0.496 e. The second-order valence-corrected chi connectivity index (χ2v) is 4.31. The van der Waals surface area contributed by atoms with E-state index in [0.29, 0.717) is 0 Å². The Kier molecular flexibility index (Phi) is 2.09. The molecule has 0 spiro atoms. The predicted octanol–water partition coefficient (Wildman–Crippen LogP) is 2.78. The van der Waals surface area contributed by atoms with Crippen LogP contribution < -0.4 is 10.5 Å². The summed E-state index contributed by atoms with van der Waals surface area (Å²) in [6.07, 6.45) is 0. The van der Waals surface area contributed by atoms with Crippen molar-refractivity contribution in [1.82, 2.24) is 0 Å². The third-order valence-corrected chi connectivity index (χ3v) is 3.11. The number of nitrogens with two attached hydrogens (primary N) is 1. The Labute approximate surface area is 85.7 Å². The lowest BCUT2D eigenvalue weighted by atomic mass is 10.2. The summed E-state index contributed by atoms with van der Waals surface area (Å²) < 4.78 is 6.28. The maximum atomic E-state index is 5.68. The minimum absolute atomic E-state index is 0.790. The highest BCUT2D eigenvalue weighted by Crippen LogP contribution is 2.34. The molecule has 13 heavy (non-hydrogen) atoms. The Morgan fingerprint density at radius 3 is 2.85 bits per heavy atom. The lowest BCUT2D eigenvalue weighted by Gasteiger charge is -2.02. The van der Waals surface area contributed by atoms with Crippen LogP contribution >= 0.6 is 24.0 Å². The van der Waals surface area contributed by atoms with E-state index in [0.717, 1.165) is 25.7 Å². The molecule has 68 valence electrons. The molecule has 0 unspecified atom stereocenters. The Hall–Kier alpha value is -0.870. The van der Waals surface area contributed by atoms with Crippen LogP contribution in [0.25, 0.3) is 10.1 Å². The Morgan fingerprint density at radius 1 is 1.38 bits per heavy atom. The SMILES string of the molecule is COc1cc2sc(N)cc2cc1S. The van der Waals surface area contributed by atoms with Gasteiger partial charge in [-0.15, -0.1) is 24.0 Å². The van der Waals surface area contributed by atoms with Gasteiger partial charge in [-0.2, -0.15) is 0 Å². The molecule has 2 N–H and O–H groups in total. The van der Waals surface area contributed by atoms with E-state index in [-0.39, 0.29) is 0 Å². The summed E-state index contributed by atoms with van der Waals surface area (Å²) in [5, 5.41) is 1.93. The minimum atomic E-state index is 0.790. The number of benzene rings is 1. The van der Waals surface area contributed by atoms with E-state index in [1.807, 2.05) is 18.2 Å². The predicted molar refractivity (Wildman–Crippen MR) is 60.0 cm³/mol. The van der Waals surface area contributed by atoms with Gasteiger partial charge < -0.3 is 10.5 Å². The Morgan fingerprint density at radius 2 is 2.15 bits per heavy atom. The van der Waals surface area contributed by atoms with E-state index >= 15 is 0 Å². The van der Waals surface area contributed by atoms with Crippen LogP contribution in [-0.2, 0) is 0 Å². The highest BCUT2D eigenvalue weighted by molar-refractivity contribution is 7.80. The third-order valence-electron chi connectivity index (χ3n) is 1.84. The zero-order chi connectivity index (χ0) is 9.42. The van der Waals surface area contributed by atoms with E-state index in [4.69, 9.17) is 10.5 Å². The van der Waals surface area contributed by atoms with Gasteiger partial charge in [-0.25, -0.2) is 0 Å². The van der Waals surface area contributed by atoms with Crippen molar-refractivity contribution in [3.63, 3.8) is 0 Å². The molecule has 0 saturated heterocycles. The third kappa shape index (κ3) is 1.47. The van der Waals surface area contributed by atoms with Crippen molar-refractivity contribution in [3.8, 4) is 5.75 Å². The standard InChI is InChI=1S/C9H9NOS2/c1-11-6-4-8-5(2-7(6)12)3-9(10)13-8/h2-4,12H,10H2,1H3. The summed E-state index contributed by atoms with van der Waals surface area (Å²) in [6, 6.07) is 5.86. The maximum absolute atomic E-state index is 5.68. The van der Waals surface area contributed by atoms with Crippen LogP contribution in [0, 0.1) is 0 Å². The molecule has 1 aromatic carbocycles. The molecule has 1 aromatic heterocycles. The fourth-order valence-electron chi connectivity index (χ4n) is 1.24. The van der Waals surface area contributed by atoms with Crippen molar-refractivity contribution in [2.24, 2.45) is 0 Å². The molecule has 0 aliphatic rings. The van der Waals surface area contributed by atoms with Gasteiger partial charge in [0.15, 0.2) is 0 Å². The minimum Gasteiger partial charge on any atom is -0.496 e. The molecular weight excluding hydrogens is 202 g/mol. The number of thiol groups is 1. The molecule has 0 radical (unpaired) electrons. The van der Waals surface area contributed by atoms with E-state index in [1.165, 1.54) is 0 Å². The highest BCUT2D eigenvalue weighted by Gasteiger charge is 2.04. The Balaban J connectivity index is 2.72.